The van der Waals surface area contributed by atoms with Gasteiger partial charge in [-0.2, -0.15) is 0 Å². The Morgan fingerprint density at radius 2 is 1.54 bits per heavy atom. The minimum atomic E-state index is 0.475. The molecule has 0 bridgehead atoms. The second-order valence-corrected chi connectivity index (χ2v) is 6.34. The molecule has 0 spiro atoms. The van der Waals surface area contributed by atoms with Crippen LogP contribution < -0.4 is 14.2 Å². The van der Waals surface area contributed by atoms with Crippen molar-refractivity contribution in [2.24, 2.45) is 0 Å². The average Bonchev–Trinajstić information content (AvgIpc) is 2.67. The summed E-state index contributed by atoms with van der Waals surface area (Å²) in [5.74, 6) is 2.94. The van der Waals surface area contributed by atoms with Crippen LogP contribution in [0.5, 0.6) is 17.2 Å². The van der Waals surface area contributed by atoms with E-state index in [2.05, 4.69) is 26.0 Å². The van der Waals surface area contributed by atoms with E-state index in [0.717, 1.165) is 29.2 Å². The molecule has 0 heterocycles. The fourth-order valence-corrected chi connectivity index (χ4v) is 2.55. The lowest BCUT2D eigenvalue weighted by Gasteiger charge is -2.12. The van der Waals surface area contributed by atoms with Crippen LogP contribution in [-0.2, 0) is 4.74 Å². The standard InChI is InChI=1S/C22H30O4/c1-5-18(3)19-7-9-20(10-8-19)25-14-12-24-13-15-26-21-11-6-17(2)16-22(21)23-4/h6-11,16,18H,5,12-15H2,1-4H3/t18-/m1/s1. The quantitative estimate of drug-likeness (QED) is 0.530. The van der Waals surface area contributed by atoms with Crippen LogP contribution >= 0.6 is 0 Å². The summed E-state index contributed by atoms with van der Waals surface area (Å²) >= 11 is 0. The fourth-order valence-electron chi connectivity index (χ4n) is 2.55. The lowest BCUT2D eigenvalue weighted by atomic mass is 9.99. The number of rotatable bonds is 11. The summed E-state index contributed by atoms with van der Waals surface area (Å²) in [6.07, 6.45) is 1.14. The van der Waals surface area contributed by atoms with Crippen LogP contribution in [0.1, 0.15) is 37.3 Å². The third-order valence-corrected chi connectivity index (χ3v) is 4.36. The number of benzene rings is 2. The first kappa shape index (κ1) is 20.1. The van der Waals surface area contributed by atoms with E-state index < -0.39 is 0 Å². The molecule has 1 atom stereocenters. The summed E-state index contributed by atoms with van der Waals surface area (Å²) < 4.78 is 22.3. The van der Waals surface area contributed by atoms with Crippen molar-refractivity contribution in [2.45, 2.75) is 33.1 Å². The summed E-state index contributed by atoms with van der Waals surface area (Å²) in [6, 6.07) is 14.2. The van der Waals surface area contributed by atoms with Crippen molar-refractivity contribution < 1.29 is 18.9 Å². The number of aryl methyl sites for hydroxylation is 1. The molecule has 4 nitrogen and oxygen atoms in total. The van der Waals surface area contributed by atoms with Crippen LogP contribution in [0.3, 0.4) is 0 Å². The maximum absolute atomic E-state index is 5.70. The monoisotopic (exact) mass is 358 g/mol. The Balaban J connectivity index is 1.61. The van der Waals surface area contributed by atoms with Gasteiger partial charge in [0.1, 0.15) is 19.0 Å². The Labute approximate surface area is 157 Å². The van der Waals surface area contributed by atoms with Crippen molar-refractivity contribution in [1.82, 2.24) is 0 Å². The van der Waals surface area contributed by atoms with Gasteiger partial charge in [-0.3, -0.25) is 0 Å². The molecule has 142 valence electrons. The third kappa shape index (κ3) is 6.26. The van der Waals surface area contributed by atoms with E-state index in [1.807, 2.05) is 37.3 Å². The summed E-state index contributed by atoms with van der Waals surface area (Å²) in [4.78, 5) is 0. The molecular weight excluding hydrogens is 328 g/mol. The highest BCUT2D eigenvalue weighted by Crippen LogP contribution is 2.27. The SMILES string of the molecule is CC[C@@H](C)c1ccc(OCCOCCOc2ccc(C)cc2OC)cc1. The number of hydrogen-bond acceptors (Lipinski definition) is 4. The van der Waals surface area contributed by atoms with Crippen molar-refractivity contribution in [3.8, 4) is 17.2 Å². The van der Waals surface area contributed by atoms with E-state index >= 15 is 0 Å². The van der Waals surface area contributed by atoms with Crippen LogP contribution in [0.4, 0.5) is 0 Å². The van der Waals surface area contributed by atoms with E-state index in [-0.39, 0.29) is 0 Å². The van der Waals surface area contributed by atoms with Gasteiger partial charge in [-0.15, -0.1) is 0 Å². The first-order valence-corrected chi connectivity index (χ1v) is 9.22. The van der Waals surface area contributed by atoms with Gasteiger partial charge in [0, 0.05) is 0 Å². The van der Waals surface area contributed by atoms with Gasteiger partial charge < -0.3 is 18.9 Å². The third-order valence-electron chi connectivity index (χ3n) is 4.36. The van der Waals surface area contributed by atoms with Crippen LogP contribution in [0, 0.1) is 6.92 Å². The molecule has 0 saturated heterocycles. The van der Waals surface area contributed by atoms with Gasteiger partial charge in [-0.1, -0.05) is 32.0 Å². The minimum Gasteiger partial charge on any atom is -0.493 e. The van der Waals surface area contributed by atoms with E-state index in [0.29, 0.717) is 32.3 Å². The maximum atomic E-state index is 5.70. The summed E-state index contributed by atoms with van der Waals surface area (Å²) in [5.41, 5.74) is 2.49. The molecular formula is C22H30O4. The molecule has 0 N–H and O–H groups in total. The highest BCUT2D eigenvalue weighted by molar-refractivity contribution is 5.42. The van der Waals surface area contributed by atoms with Crippen molar-refractivity contribution in [3.05, 3.63) is 53.6 Å². The number of methoxy groups -OCH3 is 1. The van der Waals surface area contributed by atoms with Crippen LogP contribution in [-0.4, -0.2) is 33.5 Å². The van der Waals surface area contributed by atoms with Crippen molar-refractivity contribution in [1.29, 1.82) is 0 Å². The highest BCUT2D eigenvalue weighted by atomic mass is 16.6. The Hall–Kier alpha value is -2.20. The molecule has 0 saturated carbocycles. The summed E-state index contributed by atoms with van der Waals surface area (Å²) in [6.45, 7) is 8.49. The zero-order chi connectivity index (χ0) is 18.8. The van der Waals surface area contributed by atoms with Gasteiger partial charge >= 0.3 is 0 Å². The fraction of sp³-hybridized carbons (Fsp3) is 0.455. The molecule has 4 heteroatoms. The predicted octanol–water partition coefficient (Wildman–Crippen LogP) is 4.99. The molecule has 0 aliphatic carbocycles. The van der Waals surface area contributed by atoms with Gasteiger partial charge in [0.05, 0.1) is 20.3 Å². The largest absolute Gasteiger partial charge is 0.493 e. The Morgan fingerprint density at radius 3 is 2.19 bits per heavy atom. The van der Waals surface area contributed by atoms with E-state index in [4.69, 9.17) is 18.9 Å². The molecule has 0 radical (unpaired) electrons. The second kappa shape index (κ2) is 10.7. The molecule has 0 aromatic heterocycles. The maximum Gasteiger partial charge on any atom is 0.161 e. The van der Waals surface area contributed by atoms with Gasteiger partial charge in [0.25, 0.3) is 0 Å². The minimum absolute atomic E-state index is 0.475. The summed E-state index contributed by atoms with van der Waals surface area (Å²) in [7, 11) is 1.64. The van der Waals surface area contributed by atoms with Gasteiger partial charge in [0.15, 0.2) is 11.5 Å². The molecule has 2 rings (SSSR count). The van der Waals surface area contributed by atoms with Gasteiger partial charge in [0.2, 0.25) is 0 Å². The van der Waals surface area contributed by atoms with Crippen molar-refractivity contribution >= 4 is 0 Å². The molecule has 0 aliphatic rings. The van der Waals surface area contributed by atoms with E-state index in [1.165, 1.54) is 5.56 Å². The molecule has 0 unspecified atom stereocenters. The summed E-state index contributed by atoms with van der Waals surface area (Å²) in [5, 5.41) is 0. The van der Waals surface area contributed by atoms with Crippen molar-refractivity contribution in [3.63, 3.8) is 0 Å². The number of ether oxygens (including phenoxy) is 4. The lowest BCUT2D eigenvalue weighted by molar-refractivity contribution is 0.0757. The van der Waals surface area contributed by atoms with Crippen LogP contribution in [0.15, 0.2) is 42.5 Å². The van der Waals surface area contributed by atoms with Crippen molar-refractivity contribution in [2.75, 3.05) is 33.5 Å². The molecule has 0 aliphatic heterocycles. The smallest absolute Gasteiger partial charge is 0.161 e. The van der Waals surface area contributed by atoms with Crippen LogP contribution in [0.2, 0.25) is 0 Å². The Morgan fingerprint density at radius 1 is 0.846 bits per heavy atom. The number of hydrogen-bond donors (Lipinski definition) is 0. The lowest BCUT2D eigenvalue weighted by Crippen LogP contribution is -2.12. The molecule has 26 heavy (non-hydrogen) atoms. The molecule has 0 fully saturated rings. The zero-order valence-corrected chi connectivity index (χ0v) is 16.3. The first-order valence-electron chi connectivity index (χ1n) is 9.22. The first-order chi connectivity index (χ1) is 12.6. The van der Waals surface area contributed by atoms with E-state index in [1.54, 1.807) is 7.11 Å². The highest BCUT2D eigenvalue weighted by Gasteiger charge is 2.04. The average molecular weight is 358 g/mol. The molecule has 2 aromatic rings. The van der Waals surface area contributed by atoms with E-state index in [9.17, 15) is 0 Å². The van der Waals surface area contributed by atoms with Crippen LogP contribution in [0.25, 0.3) is 0 Å². The zero-order valence-electron chi connectivity index (χ0n) is 16.3. The predicted molar refractivity (Wildman–Crippen MR) is 105 cm³/mol. The Bertz CT molecular complexity index is 652. The molecule has 2 aromatic carbocycles. The topological polar surface area (TPSA) is 36.9 Å². The van der Waals surface area contributed by atoms with Gasteiger partial charge in [-0.25, -0.2) is 0 Å². The normalized spacial score (nSPS) is 11.8. The molecule has 0 amide bonds. The van der Waals surface area contributed by atoms with Gasteiger partial charge in [-0.05, 0) is 54.7 Å². The Kier molecular flexibility index (Phi) is 8.29. The second-order valence-electron chi connectivity index (χ2n) is 6.34.